The molecule has 0 bridgehead atoms. The van der Waals surface area contributed by atoms with E-state index in [9.17, 15) is 0 Å². The van der Waals surface area contributed by atoms with Crippen LogP contribution in [0.15, 0.2) is 18.3 Å². The van der Waals surface area contributed by atoms with Gasteiger partial charge in [-0.25, -0.2) is 9.97 Å². The average Bonchev–Trinajstić information content (AvgIpc) is 2.91. The van der Waals surface area contributed by atoms with Gasteiger partial charge < -0.3 is 14.6 Å². The molecule has 3 rings (SSSR count). The summed E-state index contributed by atoms with van der Waals surface area (Å²) in [6.07, 6.45) is 5.98. The molecule has 1 N–H and O–H groups in total. The van der Waals surface area contributed by atoms with Gasteiger partial charge in [-0.1, -0.05) is 6.92 Å². The van der Waals surface area contributed by atoms with Gasteiger partial charge in [0.15, 0.2) is 5.65 Å². The maximum atomic E-state index is 9.12. The van der Waals surface area contributed by atoms with Crippen LogP contribution in [0.4, 0.5) is 0 Å². The van der Waals surface area contributed by atoms with Crippen LogP contribution in [-0.4, -0.2) is 50.8 Å². The normalized spacial score (nSPS) is 19.8. The molecule has 1 aliphatic heterocycles. The number of aryl methyl sites for hydroxylation is 1. The van der Waals surface area contributed by atoms with Gasteiger partial charge in [0.1, 0.15) is 11.3 Å². The van der Waals surface area contributed by atoms with Crippen LogP contribution >= 0.6 is 0 Å². The molecular weight excluding hydrogens is 276 g/mol. The van der Waals surface area contributed by atoms with Crippen LogP contribution in [0.5, 0.6) is 0 Å². The number of rotatable bonds is 6. The summed E-state index contributed by atoms with van der Waals surface area (Å²) in [6, 6.07) is 3.97. The molecule has 0 amide bonds. The van der Waals surface area contributed by atoms with Gasteiger partial charge >= 0.3 is 0 Å². The molecule has 1 unspecified atom stereocenters. The topological polar surface area (TPSA) is 54.2 Å². The molecule has 0 saturated carbocycles. The van der Waals surface area contributed by atoms with Gasteiger partial charge in [-0.15, -0.1) is 0 Å². The number of fused-ring (bicyclic) bond motifs is 1. The molecule has 3 heterocycles. The summed E-state index contributed by atoms with van der Waals surface area (Å²) in [5.41, 5.74) is 1.96. The minimum absolute atomic E-state index is 0.212. The minimum Gasteiger partial charge on any atom is -0.396 e. The van der Waals surface area contributed by atoms with Crippen molar-refractivity contribution < 1.29 is 5.11 Å². The largest absolute Gasteiger partial charge is 0.396 e. The fraction of sp³-hybridized carbons (Fsp3) is 0.647. The first-order valence-electron chi connectivity index (χ1n) is 8.45. The van der Waals surface area contributed by atoms with Gasteiger partial charge in [0.25, 0.3) is 0 Å². The number of aliphatic hydroxyl groups is 1. The predicted molar refractivity (Wildman–Crippen MR) is 87.8 cm³/mol. The van der Waals surface area contributed by atoms with E-state index in [0.717, 1.165) is 42.9 Å². The Morgan fingerprint density at radius 1 is 1.41 bits per heavy atom. The van der Waals surface area contributed by atoms with Crippen molar-refractivity contribution in [2.45, 2.75) is 39.2 Å². The van der Waals surface area contributed by atoms with E-state index in [1.807, 2.05) is 18.3 Å². The maximum Gasteiger partial charge on any atom is 0.159 e. The van der Waals surface area contributed by atoms with E-state index in [1.54, 1.807) is 0 Å². The first kappa shape index (κ1) is 15.4. The van der Waals surface area contributed by atoms with E-state index in [2.05, 4.69) is 21.4 Å². The Balaban J connectivity index is 1.84. The number of aromatic nitrogens is 3. The van der Waals surface area contributed by atoms with Crippen molar-refractivity contribution in [3.63, 3.8) is 0 Å². The fourth-order valence-electron chi connectivity index (χ4n) is 3.47. The quantitative estimate of drug-likeness (QED) is 0.888. The van der Waals surface area contributed by atoms with Crippen molar-refractivity contribution in [2.24, 2.45) is 5.92 Å². The highest BCUT2D eigenvalue weighted by molar-refractivity contribution is 5.71. The highest BCUT2D eigenvalue weighted by Gasteiger charge is 2.21. The number of aliphatic hydroxyl groups excluding tert-OH is 1. The summed E-state index contributed by atoms with van der Waals surface area (Å²) in [7, 11) is 0. The highest BCUT2D eigenvalue weighted by atomic mass is 16.2. The first-order chi connectivity index (χ1) is 10.8. The van der Waals surface area contributed by atoms with Crippen molar-refractivity contribution in [2.75, 3.05) is 26.2 Å². The Morgan fingerprint density at radius 2 is 2.32 bits per heavy atom. The highest BCUT2D eigenvalue weighted by Crippen LogP contribution is 2.22. The Kier molecular flexibility index (Phi) is 5.05. The second kappa shape index (κ2) is 7.20. The molecule has 22 heavy (non-hydrogen) atoms. The molecule has 1 atom stereocenters. The maximum absolute atomic E-state index is 9.12. The van der Waals surface area contributed by atoms with Gasteiger partial charge in [-0.05, 0) is 50.4 Å². The Labute approximate surface area is 132 Å². The lowest BCUT2D eigenvalue weighted by Gasteiger charge is -2.32. The number of hydrogen-bond donors (Lipinski definition) is 1. The number of piperidine rings is 1. The van der Waals surface area contributed by atoms with Crippen LogP contribution in [0.2, 0.25) is 0 Å². The lowest BCUT2D eigenvalue weighted by molar-refractivity contribution is 0.170. The van der Waals surface area contributed by atoms with Gasteiger partial charge in [0.05, 0.1) is 0 Å². The predicted octanol–water partition coefficient (Wildman–Crippen LogP) is 2.09. The van der Waals surface area contributed by atoms with Crippen LogP contribution in [-0.2, 0) is 13.0 Å². The van der Waals surface area contributed by atoms with E-state index < -0.39 is 0 Å². The smallest absolute Gasteiger partial charge is 0.159 e. The number of hydrogen-bond acceptors (Lipinski definition) is 4. The summed E-state index contributed by atoms with van der Waals surface area (Å²) in [6.45, 7) is 6.98. The van der Waals surface area contributed by atoms with Crippen molar-refractivity contribution >= 4 is 11.2 Å². The molecule has 120 valence electrons. The number of imidazole rings is 1. The van der Waals surface area contributed by atoms with Crippen molar-refractivity contribution in [3.8, 4) is 0 Å². The van der Waals surface area contributed by atoms with Gasteiger partial charge in [0.2, 0.25) is 0 Å². The zero-order chi connectivity index (χ0) is 15.4. The number of nitrogens with zero attached hydrogens (tertiary/aromatic N) is 4. The van der Waals surface area contributed by atoms with Crippen molar-refractivity contribution in [3.05, 3.63) is 24.2 Å². The second-order valence-corrected chi connectivity index (χ2v) is 6.21. The Hall–Kier alpha value is -1.46. The molecule has 0 radical (unpaired) electrons. The number of likely N-dealkylation sites (tertiary alicyclic amines) is 1. The Morgan fingerprint density at radius 3 is 3.14 bits per heavy atom. The monoisotopic (exact) mass is 302 g/mol. The SMILES string of the molecule is CCN1CCCC(Cn2c(CCCO)nc3cccnc32)C1. The summed E-state index contributed by atoms with van der Waals surface area (Å²) in [5, 5.41) is 9.12. The zero-order valence-electron chi connectivity index (χ0n) is 13.4. The van der Waals surface area contributed by atoms with Gasteiger partial charge in [0, 0.05) is 32.3 Å². The van der Waals surface area contributed by atoms with Crippen LogP contribution in [0.3, 0.4) is 0 Å². The van der Waals surface area contributed by atoms with Gasteiger partial charge in [-0.2, -0.15) is 0 Å². The molecule has 1 aliphatic rings. The lowest BCUT2D eigenvalue weighted by atomic mass is 9.98. The molecule has 0 spiro atoms. The zero-order valence-corrected chi connectivity index (χ0v) is 13.4. The third-order valence-corrected chi connectivity index (χ3v) is 4.63. The van der Waals surface area contributed by atoms with Crippen molar-refractivity contribution in [1.29, 1.82) is 0 Å². The summed E-state index contributed by atoms with van der Waals surface area (Å²) >= 11 is 0. The standard InChI is InChI=1S/C17H26N4O/c1-2-20-10-4-6-14(12-20)13-21-16(8-5-11-22)19-15-7-3-9-18-17(15)21/h3,7,9,14,22H,2,4-6,8,10-13H2,1H3. The summed E-state index contributed by atoms with van der Waals surface area (Å²) in [5.74, 6) is 1.73. The van der Waals surface area contributed by atoms with E-state index in [0.29, 0.717) is 5.92 Å². The second-order valence-electron chi connectivity index (χ2n) is 6.21. The lowest BCUT2D eigenvalue weighted by Crippen LogP contribution is -2.37. The van der Waals surface area contributed by atoms with Crippen LogP contribution in [0.25, 0.3) is 11.2 Å². The van der Waals surface area contributed by atoms with Crippen LogP contribution < -0.4 is 0 Å². The fourth-order valence-corrected chi connectivity index (χ4v) is 3.47. The molecule has 5 heteroatoms. The third-order valence-electron chi connectivity index (χ3n) is 4.63. The van der Waals surface area contributed by atoms with Gasteiger partial charge in [-0.3, -0.25) is 0 Å². The summed E-state index contributed by atoms with van der Waals surface area (Å²) < 4.78 is 2.29. The molecule has 0 aliphatic carbocycles. The first-order valence-corrected chi connectivity index (χ1v) is 8.45. The molecule has 0 aromatic carbocycles. The van der Waals surface area contributed by atoms with E-state index in [-0.39, 0.29) is 6.61 Å². The average molecular weight is 302 g/mol. The Bertz CT molecular complexity index is 610. The number of pyridine rings is 1. The van der Waals surface area contributed by atoms with E-state index in [1.165, 1.54) is 25.9 Å². The third kappa shape index (κ3) is 3.31. The minimum atomic E-state index is 0.212. The van der Waals surface area contributed by atoms with Crippen LogP contribution in [0, 0.1) is 5.92 Å². The van der Waals surface area contributed by atoms with Crippen molar-refractivity contribution in [1.82, 2.24) is 19.4 Å². The summed E-state index contributed by atoms with van der Waals surface area (Å²) in [4.78, 5) is 11.8. The molecule has 2 aromatic rings. The molecule has 1 saturated heterocycles. The van der Waals surface area contributed by atoms with E-state index in [4.69, 9.17) is 10.1 Å². The molecule has 1 fully saturated rings. The molecule has 2 aromatic heterocycles. The van der Waals surface area contributed by atoms with Crippen LogP contribution in [0.1, 0.15) is 32.0 Å². The van der Waals surface area contributed by atoms with E-state index >= 15 is 0 Å². The molecule has 5 nitrogen and oxygen atoms in total. The molecular formula is C17H26N4O.